The molecule has 3 rings (SSSR count). The minimum atomic E-state index is 0.309. The lowest BCUT2D eigenvalue weighted by Gasteiger charge is -2.31. The predicted octanol–water partition coefficient (Wildman–Crippen LogP) is 2.99. The normalized spacial score (nSPS) is 20.1. The zero-order chi connectivity index (χ0) is 14.8. The van der Waals surface area contributed by atoms with Crippen LogP contribution in [0.4, 0.5) is 5.82 Å². The molecule has 1 saturated heterocycles. The van der Waals surface area contributed by atoms with Gasteiger partial charge in [0.05, 0.1) is 0 Å². The van der Waals surface area contributed by atoms with E-state index in [4.69, 9.17) is 0 Å². The Morgan fingerprint density at radius 3 is 2.71 bits per heavy atom. The number of hydrogen-bond acceptors (Lipinski definition) is 3. The van der Waals surface area contributed by atoms with E-state index in [0.29, 0.717) is 11.8 Å². The van der Waals surface area contributed by atoms with E-state index < -0.39 is 0 Å². The van der Waals surface area contributed by atoms with Crippen molar-refractivity contribution in [2.24, 2.45) is 5.92 Å². The second kappa shape index (κ2) is 6.34. The Bertz CT molecular complexity index is 530. The number of anilines is 1. The Labute approximate surface area is 134 Å². The molecular formula is C16H22BrN3O. The molecule has 0 atom stereocenters. The first-order valence-corrected chi connectivity index (χ1v) is 8.60. The second-order valence-electron chi connectivity index (χ2n) is 6.09. The van der Waals surface area contributed by atoms with Crippen LogP contribution in [0.3, 0.4) is 0 Å². The molecule has 1 aliphatic heterocycles. The fourth-order valence-electron chi connectivity index (χ4n) is 3.13. The van der Waals surface area contributed by atoms with E-state index in [1.807, 2.05) is 6.20 Å². The molecule has 0 spiro atoms. The summed E-state index contributed by atoms with van der Waals surface area (Å²) < 4.78 is 1.01. The molecule has 2 heterocycles. The lowest BCUT2D eigenvalue weighted by atomic mass is 9.84. The van der Waals surface area contributed by atoms with Gasteiger partial charge < -0.3 is 9.80 Å². The summed E-state index contributed by atoms with van der Waals surface area (Å²) in [5.41, 5.74) is 1.18. The molecule has 0 aromatic carbocycles. The van der Waals surface area contributed by atoms with Crippen molar-refractivity contribution in [1.29, 1.82) is 0 Å². The molecule has 0 N–H and O–H groups in total. The molecule has 0 bridgehead atoms. The van der Waals surface area contributed by atoms with Crippen LogP contribution in [-0.4, -0.2) is 42.0 Å². The van der Waals surface area contributed by atoms with Gasteiger partial charge in [-0.2, -0.15) is 0 Å². The van der Waals surface area contributed by atoms with Gasteiger partial charge in [-0.15, -0.1) is 0 Å². The van der Waals surface area contributed by atoms with Crippen molar-refractivity contribution in [2.75, 3.05) is 31.1 Å². The molecule has 114 valence electrons. The Morgan fingerprint density at radius 1 is 1.24 bits per heavy atom. The summed E-state index contributed by atoms with van der Waals surface area (Å²) in [4.78, 5) is 21.3. The highest BCUT2D eigenvalue weighted by atomic mass is 79.9. The number of pyridine rings is 1. The Balaban J connectivity index is 1.66. The molecule has 2 aliphatic rings. The topological polar surface area (TPSA) is 36.4 Å². The third-order valence-electron chi connectivity index (χ3n) is 4.58. The highest BCUT2D eigenvalue weighted by Crippen LogP contribution is 2.29. The van der Waals surface area contributed by atoms with E-state index in [2.05, 4.69) is 43.7 Å². The lowest BCUT2D eigenvalue weighted by Crippen LogP contribution is -2.41. The number of aromatic nitrogens is 1. The van der Waals surface area contributed by atoms with Gasteiger partial charge in [-0.1, -0.05) is 6.42 Å². The fraction of sp³-hybridized carbons (Fsp3) is 0.625. The van der Waals surface area contributed by atoms with E-state index in [1.54, 1.807) is 0 Å². The van der Waals surface area contributed by atoms with Crippen molar-refractivity contribution in [3.05, 3.63) is 22.3 Å². The van der Waals surface area contributed by atoms with Gasteiger partial charge in [0, 0.05) is 42.8 Å². The van der Waals surface area contributed by atoms with Gasteiger partial charge in [-0.05, 0) is 53.7 Å². The smallest absolute Gasteiger partial charge is 0.225 e. The summed E-state index contributed by atoms with van der Waals surface area (Å²) in [5.74, 6) is 1.74. The van der Waals surface area contributed by atoms with E-state index >= 15 is 0 Å². The van der Waals surface area contributed by atoms with Gasteiger partial charge >= 0.3 is 0 Å². The maximum atomic E-state index is 12.4. The quantitative estimate of drug-likeness (QED) is 0.821. The number of halogens is 1. The molecular weight excluding hydrogens is 330 g/mol. The Kier molecular flexibility index (Phi) is 4.48. The second-order valence-corrected chi connectivity index (χ2v) is 7.00. The van der Waals surface area contributed by atoms with Gasteiger partial charge in [0.25, 0.3) is 0 Å². The molecule has 4 nitrogen and oxygen atoms in total. The molecule has 21 heavy (non-hydrogen) atoms. The van der Waals surface area contributed by atoms with Crippen LogP contribution in [0, 0.1) is 12.8 Å². The fourth-order valence-corrected chi connectivity index (χ4v) is 3.57. The summed E-state index contributed by atoms with van der Waals surface area (Å²) in [6.45, 7) is 5.67. The van der Waals surface area contributed by atoms with Crippen LogP contribution in [0.2, 0.25) is 0 Å². The van der Waals surface area contributed by atoms with Crippen molar-refractivity contribution in [3.63, 3.8) is 0 Å². The first kappa shape index (κ1) is 14.8. The molecule has 1 saturated carbocycles. The van der Waals surface area contributed by atoms with Crippen molar-refractivity contribution >= 4 is 27.7 Å². The SMILES string of the molecule is Cc1cc(Br)cnc1N1CCCN(C(=O)C2CCC2)CC1. The molecule has 1 aromatic heterocycles. The average molecular weight is 352 g/mol. The van der Waals surface area contributed by atoms with Crippen LogP contribution in [0.5, 0.6) is 0 Å². The number of carbonyl (C=O) groups excluding carboxylic acids is 1. The number of hydrogen-bond donors (Lipinski definition) is 0. The molecule has 2 fully saturated rings. The molecule has 1 aliphatic carbocycles. The van der Waals surface area contributed by atoms with Crippen molar-refractivity contribution < 1.29 is 4.79 Å². The monoisotopic (exact) mass is 351 g/mol. The standard InChI is InChI=1S/C16H22BrN3O/c1-12-10-14(17)11-18-15(12)19-6-3-7-20(9-8-19)16(21)13-4-2-5-13/h10-11,13H,2-9H2,1H3. The van der Waals surface area contributed by atoms with E-state index in [1.165, 1.54) is 12.0 Å². The number of rotatable bonds is 2. The van der Waals surface area contributed by atoms with Crippen LogP contribution in [0.15, 0.2) is 16.7 Å². The molecule has 5 heteroatoms. The van der Waals surface area contributed by atoms with Gasteiger partial charge in [0.15, 0.2) is 0 Å². The predicted molar refractivity (Wildman–Crippen MR) is 87.4 cm³/mol. The number of carbonyl (C=O) groups is 1. The van der Waals surface area contributed by atoms with Crippen LogP contribution in [0.1, 0.15) is 31.2 Å². The van der Waals surface area contributed by atoms with Gasteiger partial charge in [-0.25, -0.2) is 4.98 Å². The summed E-state index contributed by atoms with van der Waals surface area (Å²) in [6.07, 6.45) is 6.28. The van der Waals surface area contributed by atoms with E-state index in [0.717, 1.165) is 55.7 Å². The van der Waals surface area contributed by atoms with Crippen molar-refractivity contribution in [1.82, 2.24) is 9.88 Å². The zero-order valence-corrected chi connectivity index (χ0v) is 14.1. The highest BCUT2D eigenvalue weighted by Gasteiger charge is 2.30. The zero-order valence-electron chi connectivity index (χ0n) is 12.5. The van der Waals surface area contributed by atoms with E-state index in [-0.39, 0.29) is 0 Å². The molecule has 1 aromatic rings. The molecule has 0 radical (unpaired) electrons. The van der Waals surface area contributed by atoms with Crippen molar-refractivity contribution in [2.45, 2.75) is 32.6 Å². The summed E-state index contributed by atoms with van der Waals surface area (Å²) in [6, 6.07) is 2.10. The Hall–Kier alpha value is -1.10. The molecule has 0 unspecified atom stereocenters. The highest BCUT2D eigenvalue weighted by molar-refractivity contribution is 9.10. The minimum absolute atomic E-state index is 0.309. The van der Waals surface area contributed by atoms with E-state index in [9.17, 15) is 4.79 Å². The number of nitrogens with zero attached hydrogens (tertiary/aromatic N) is 3. The molecule has 1 amide bonds. The van der Waals surface area contributed by atoms with Crippen LogP contribution < -0.4 is 4.90 Å². The minimum Gasteiger partial charge on any atom is -0.355 e. The third-order valence-corrected chi connectivity index (χ3v) is 5.01. The summed E-state index contributed by atoms with van der Waals surface area (Å²) >= 11 is 3.46. The average Bonchev–Trinajstić information content (AvgIpc) is 2.62. The van der Waals surface area contributed by atoms with Crippen LogP contribution in [-0.2, 0) is 4.79 Å². The first-order valence-electron chi connectivity index (χ1n) is 7.81. The summed E-state index contributed by atoms with van der Waals surface area (Å²) in [5, 5.41) is 0. The first-order chi connectivity index (χ1) is 10.1. The maximum Gasteiger partial charge on any atom is 0.225 e. The van der Waals surface area contributed by atoms with Crippen LogP contribution >= 0.6 is 15.9 Å². The summed E-state index contributed by atoms with van der Waals surface area (Å²) in [7, 11) is 0. The lowest BCUT2D eigenvalue weighted by molar-refractivity contribution is -0.137. The maximum absolute atomic E-state index is 12.4. The largest absolute Gasteiger partial charge is 0.355 e. The van der Waals surface area contributed by atoms with Gasteiger partial charge in [-0.3, -0.25) is 4.79 Å². The number of aryl methyl sites for hydroxylation is 1. The van der Waals surface area contributed by atoms with Crippen molar-refractivity contribution in [3.8, 4) is 0 Å². The third kappa shape index (κ3) is 3.23. The Morgan fingerprint density at radius 2 is 2.05 bits per heavy atom. The van der Waals surface area contributed by atoms with Gasteiger partial charge in [0.2, 0.25) is 5.91 Å². The van der Waals surface area contributed by atoms with Crippen LogP contribution in [0.25, 0.3) is 0 Å². The number of amides is 1. The van der Waals surface area contributed by atoms with Gasteiger partial charge in [0.1, 0.15) is 5.82 Å².